The van der Waals surface area contributed by atoms with Crippen molar-refractivity contribution in [1.82, 2.24) is 10.6 Å². The Hall–Kier alpha value is -2.60. The zero-order valence-corrected chi connectivity index (χ0v) is 14.7. The lowest BCUT2D eigenvalue weighted by Crippen LogP contribution is -2.39. The van der Waals surface area contributed by atoms with Crippen molar-refractivity contribution in [1.29, 1.82) is 0 Å². The zero-order valence-electron chi connectivity index (χ0n) is 14.7. The maximum atomic E-state index is 12.6. The van der Waals surface area contributed by atoms with Gasteiger partial charge in [0.25, 0.3) is 0 Å². The number of hydrogen-bond donors (Lipinski definition) is 2. The van der Waals surface area contributed by atoms with Crippen molar-refractivity contribution in [3.05, 3.63) is 70.8 Å². The van der Waals surface area contributed by atoms with Crippen molar-refractivity contribution < 1.29 is 18.0 Å². The summed E-state index contributed by atoms with van der Waals surface area (Å²) >= 11 is 0. The van der Waals surface area contributed by atoms with Crippen molar-refractivity contribution in [3.8, 4) is 0 Å². The number of nitrogens with one attached hydrogen (secondary N) is 2. The second kappa shape index (κ2) is 8.39. The molecule has 1 fully saturated rings. The molecule has 1 heterocycles. The van der Waals surface area contributed by atoms with Crippen LogP contribution in [-0.2, 0) is 17.5 Å². The molecule has 27 heavy (non-hydrogen) atoms. The highest BCUT2D eigenvalue weighted by atomic mass is 19.4. The highest BCUT2D eigenvalue weighted by Crippen LogP contribution is 2.29. The number of alkyl halides is 3. The van der Waals surface area contributed by atoms with Crippen LogP contribution in [-0.4, -0.2) is 18.5 Å². The van der Waals surface area contributed by atoms with Crippen LogP contribution in [0.5, 0.6) is 0 Å². The van der Waals surface area contributed by atoms with E-state index in [1.165, 1.54) is 12.1 Å². The molecule has 6 heteroatoms. The van der Waals surface area contributed by atoms with Gasteiger partial charge < -0.3 is 10.6 Å². The fraction of sp³-hybridized carbons (Fsp3) is 0.286. The minimum Gasteiger partial charge on any atom is -0.351 e. The summed E-state index contributed by atoms with van der Waals surface area (Å²) < 4.78 is 37.8. The Bertz CT molecular complexity index is 807. The molecule has 0 aliphatic carbocycles. The lowest BCUT2D eigenvalue weighted by atomic mass is 10.1. The highest BCUT2D eigenvalue weighted by Gasteiger charge is 2.29. The zero-order chi connectivity index (χ0) is 19.3. The van der Waals surface area contributed by atoms with Crippen molar-refractivity contribution in [3.63, 3.8) is 0 Å². The summed E-state index contributed by atoms with van der Waals surface area (Å²) in [5.41, 5.74) is 1.92. The van der Waals surface area contributed by atoms with E-state index >= 15 is 0 Å². The van der Waals surface area contributed by atoms with Crippen LogP contribution in [0.1, 0.15) is 35.1 Å². The fourth-order valence-electron chi connectivity index (χ4n) is 3.00. The molecule has 0 spiro atoms. The number of benzene rings is 2. The number of hydrogen-bond acceptors (Lipinski definition) is 2. The molecule has 1 aliphatic rings. The molecule has 0 aromatic heterocycles. The Morgan fingerprint density at radius 1 is 1.11 bits per heavy atom. The average molecular weight is 374 g/mol. The molecule has 1 aliphatic heterocycles. The first kappa shape index (κ1) is 19.2. The Balaban J connectivity index is 1.59. The molecule has 1 atom stereocenters. The summed E-state index contributed by atoms with van der Waals surface area (Å²) in [5, 5.41) is 6.09. The first-order valence-corrected chi connectivity index (χ1v) is 8.87. The predicted octanol–water partition coefficient (Wildman–Crippen LogP) is 4.24. The molecule has 3 nitrogen and oxygen atoms in total. The van der Waals surface area contributed by atoms with E-state index < -0.39 is 11.7 Å². The molecule has 2 N–H and O–H groups in total. The summed E-state index contributed by atoms with van der Waals surface area (Å²) in [7, 11) is 0. The standard InChI is InChI=1S/C21H21F3N2O/c22-21(23,24)18-10-8-15(9-11-18)6-7-16-3-1-4-17(13-16)14-26-20(27)19-5-2-12-25-19/h1,3-4,6-11,13,19,25H,2,5,12,14H2,(H,26,27)/b7-6+. The normalized spacial score (nSPS) is 17.4. The van der Waals surface area contributed by atoms with E-state index in [0.29, 0.717) is 12.1 Å². The van der Waals surface area contributed by atoms with Gasteiger partial charge in [0.15, 0.2) is 0 Å². The number of carbonyl (C=O) groups is 1. The van der Waals surface area contributed by atoms with Gasteiger partial charge in [-0.15, -0.1) is 0 Å². The maximum Gasteiger partial charge on any atom is 0.416 e. The van der Waals surface area contributed by atoms with E-state index in [-0.39, 0.29) is 11.9 Å². The molecule has 0 radical (unpaired) electrons. The van der Waals surface area contributed by atoms with Crippen molar-refractivity contribution in [2.75, 3.05) is 6.54 Å². The first-order chi connectivity index (χ1) is 12.9. The van der Waals surface area contributed by atoms with E-state index in [1.54, 1.807) is 6.08 Å². The van der Waals surface area contributed by atoms with E-state index in [4.69, 9.17) is 0 Å². The molecular weight excluding hydrogens is 353 g/mol. The van der Waals surface area contributed by atoms with Crippen LogP contribution >= 0.6 is 0 Å². The molecular formula is C21H21F3N2O. The van der Waals surface area contributed by atoms with Crippen LogP contribution in [0.2, 0.25) is 0 Å². The molecule has 2 aromatic carbocycles. The van der Waals surface area contributed by atoms with Crippen molar-refractivity contribution >= 4 is 18.1 Å². The van der Waals surface area contributed by atoms with Crippen LogP contribution in [0.15, 0.2) is 48.5 Å². The van der Waals surface area contributed by atoms with Crippen LogP contribution in [0.4, 0.5) is 13.2 Å². The molecule has 0 bridgehead atoms. The number of carbonyl (C=O) groups excluding carboxylic acids is 1. The second-order valence-corrected chi connectivity index (χ2v) is 6.56. The van der Waals surface area contributed by atoms with E-state index in [9.17, 15) is 18.0 Å². The second-order valence-electron chi connectivity index (χ2n) is 6.56. The van der Waals surface area contributed by atoms with E-state index in [0.717, 1.165) is 42.6 Å². The summed E-state index contributed by atoms with van der Waals surface area (Å²) in [6.45, 7) is 1.32. The van der Waals surface area contributed by atoms with E-state index in [2.05, 4.69) is 10.6 Å². The van der Waals surface area contributed by atoms with E-state index in [1.807, 2.05) is 30.3 Å². The van der Waals surface area contributed by atoms with Gasteiger partial charge in [-0.2, -0.15) is 13.2 Å². The topological polar surface area (TPSA) is 41.1 Å². The number of amides is 1. The Morgan fingerprint density at radius 2 is 1.85 bits per heavy atom. The molecule has 1 amide bonds. The fourth-order valence-corrected chi connectivity index (χ4v) is 3.00. The first-order valence-electron chi connectivity index (χ1n) is 8.87. The molecule has 1 unspecified atom stereocenters. The highest BCUT2D eigenvalue weighted by molar-refractivity contribution is 5.82. The van der Waals surface area contributed by atoms with Gasteiger partial charge in [-0.25, -0.2) is 0 Å². The third kappa shape index (κ3) is 5.44. The number of halogens is 3. The van der Waals surface area contributed by atoms with Gasteiger partial charge in [0.1, 0.15) is 0 Å². The molecule has 1 saturated heterocycles. The smallest absolute Gasteiger partial charge is 0.351 e. The lowest BCUT2D eigenvalue weighted by Gasteiger charge is -2.11. The van der Waals surface area contributed by atoms with Gasteiger partial charge >= 0.3 is 6.18 Å². The predicted molar refractivity (Wildman–Crippen MR) is 99.7 cm³/mol. The summed E-state index contributed by atoms with van der Waals surface area (Å²) in [4.78, 5) is 12.0. The largest absolute Gasteiger partial charge is 0.416 e. The van der Waals surface area contributed by atoms with Gasteiger partial charge in [0.05, 0.1) is 11.6 Å². The minimum absolute atomic E-state index is 0.0122. The molecule has 2 aromatic rings. The van der Waals surface area contributed by atoms with Gasteiger partial charge in [-0.3, -0.25) is 4.79 Å². The van der Waals surface area contributed by atoms with Gasteiger partial charge in [0.2, 0.25) is 5.91 Å². The third-order valence-corrected chi connectivity index (χ3v) is 4.50. The van der Waals surface area contributed by atoms with Crippen LogP contribution in [0, 0.1) is 0 Å². The third-order valence-electron chi connectivity index (χ3n) is 4.50. The van der Waals surface area contributed by atoms with Crippen molar-refractivity contribution in [2.24, 2.45) is 0 Å². The number of rotatable bonds is 5. The Kier molecular flexibility index (Phi) is 5.96. The minimum atomic E-state index is -4.32. The van der Waals surface area contributed by atoms with Crippen LogP contribution in [0.3, 0.4) is 0 Å². The summed E-state index contributed by atoms with van der Waals surface area (Å²) in [6, 6.07) is 12.6. The quantitative estimate of drug-likeness (QED) is 0.769. The van der Waals surface area contributed by atoms with Gasteiger partial charge in [0, 0.05) is 6.54 Å². The van der Waals surface area contributed by atoms with Crippen molar-refractivity contribution in [2.45, 2.75) is 31.6 Å². The van der Waals surface area contributed by atoms with Crippen LogP contribution in [0.25, 0.3) is 12.2 Å². The molecule has 0 saturated carbocycles. The van der Waals surface area contributed by atoms with Gasteiger partial charge in [-0.1, -0.05) is 42.5 Å². The lowest BCUT2D eigenvalue weighted by molar-refractivity contribution is -0.137. The SMILES string of the molecule is O=C(NCc1cccc(/C=C/c2ccc(C(F)(F)F)cc2)c1)C1CCCN1. The van der Waals surface area contributed by atoms with Crippen LogP contribution < -0.4 is 10.6 Å². The Labute approximate surface area is 156 Å². The molecule has 3 rings (SSSR count). The average Bonchev–Trinajstić information content (AvgIpc) is 3.19. The Morgan fingerprint density at radius 3 is 2.52 bits per heavy atom. The summed E-state index contributed by atoms with van der Waals surface area (Å²) in [6.07, 6.45) is 1.16. The molecule has 142 valence electrons. The summed E-state index contributed by atoms with van der Waals surface area (Å²) in [5.74, 6) is 0.0122. The van der Waals surface area contributed by atoms with Gasteiger partial charge in [-0.05, 0) is 54.3 Å². The monoisotopic (exact) mass is 374 g/mol. The maximum absolute atomic E-state index is 12.6.